The largest absolute Gasteiger partial charge is 0.324 e. The fraction of sp³-hybridized carbons (Fsp3) is 0.333. The minimum absolute atomic E-state index is 0.0806. The van der Waals surface area contributed by atoms with Gasteiger partial charge in [-0.1, -0.05) is 45.0 Å². The van der Waals surface area contributed by atoms with Crippen molar-refractivity contribution in [1.82, 2.24) is 0 Å². The fourth-order valence-corrected chi connectivity index (χ4v) is 2.28. The summed E-state index contributed by atoms with van der Waals surface area (Å²) < 4.78 is 26.8. The van der Waals surface area contributed by atoms with Crippen LogP contribution in [0.2, 0.25) is 0 Å². The van der Waals surface area contributed by atoms with Crippen LogP contribution in [-0.2, 0) is 11.8 Å². The molecule has 0 spiro atoms. The molecule has 0 heterocycles. The average molecular weight is 289 g/mol. The Hall–Kier alpha value is -1.74. The highest BCUT2D eigenvalue weighted by molar-refractivity contribution is 5.30. The van der Waals surface area contributed by atoms with Gasteiger partial charge in [0.1, 0.15) is 11.6 Å². The minimum atomic E-state index is -0.443. The van der Waals surface area contributed by atoms with Gasteiger partial charge in [-0.2, -0.15) is 0 Å². The summed E-state index contributed by atoms with van der Waals surface area (Å²) in [5.74, 6) is -0.861. The molecule has 2 N–H and O–H groups in total. The van der Waals surface area contributed by atoms with Crippen molar-refractivity contribution in [2.24, 2.45) is 5.73 Å². The van der Waals surface area contributed by atoms with Gasteiger partial charge in [0.05, 0.1) is 0 Å². The molecule has 2 aromatic carbocycles. The highest BCUT2D eigenvalue weighted by Gasteiger charge is 2.15. The number of nitrogens with two attached hydrogens (primary N) is 1. The van der Waals surface area contributed by atoms with Gasteiger partial charge >= 0.3 is 0 Å². The molecule has 21 heavy (non-hydrogen) atoms. The smallest absolute Gasteiger partial charge is 0.126 e. The highest BCUT2D eigenvalue weighted by atomic mass is 19.1. The normalized spacial score (nSPS) is 13.2. The van der Waals surface area contributed by atoms with Crippen molar-refractivity contribution in [2.45, 2.75) is 38.6 Å². The second kappa shape index (κ2) is 5.94. The summed E-state index contributed by atoms with van der Waals surface area (Å²) in [5, 5.41) is 0. The number of rotatable bonds is 3. The molecule has 0 bridgehead atoms. The molecule has 0 saturated carbocycles. The van der Waals surface area contributed by atoms with Crippen LogP contribution in [0.15, 0.2) is 42.5 Å². The predicted octanol–water partition coefficient (Wildman–Crippen LogP) is 4.50. The van der Waals surface area contributed by atoms with Gasteiger partial charge in [-0.3, -0.25) is 0 Å². The van der Waals surface area contributed by atoms with E-state index in [1.807, 2.05) is 24.3 Å². The van der Waals surface area contributed by atoms with E-state index < -0.39 is 11.6 Å². The van der Waals surface area contributed by atoms with Crippen molar-refractivity contribution < 1.29 is 8.78 Å². The summed E-state index contributed by atoms with van der Waals surface area (Å²) >= 11 is 0. The molecule has 2 rings (SSSR count). The Labute approximate surface area is 124 Å². The van der Waals surface area contributed by atoms with Crippen LogP contribution in [0.3, 0.4) is 0 Å². The van der Waals surface area contributed by atoms with E-state index in [0.29, 0.717) is 5.56 Å². The van der Waals surface area contributed by atoms with Crippen molar-refractivity contribution >= 4 is 0 Å². The van der Waals surface area contributed by atoms with Crippen LogP contribution < -0.4 is 5.73 Å². The van der Waals surface area contributed by atoms with Crippen LogP contribution in [0, 0.1) is 11.6 Å². The molecule has 0 fully saturated rings. The van der Waals surface area contributed by atoms with Crippen molar-refractivity contribution in [3.8, 4) is 0 Å². The molecule has 112 valence electrons. The van der Waals surface area contributed by atoms with Crippen LogP contribution in [0.25, 0.3) is 0 Å². The van der Waals surface area contributed by atoms with E-state index in [-0.39, 0.29) is 17.9 Å². The van der Waals surface area contributed by atoms with Crippen molar-refractivity contribution in [3.63, 3.8) is 0 Å². The maximum absolute atomic E-state index is 13.6. The lowest BCUT2D eigenvalue weighted by atomic mass is 9.86. The van der Waals surface area contributed by atoms with Crippen LogP contribution in [0.1, 0.15) is 43.5 Å². The zero-order valence-electron chi connectivity index (χ0n) is 12.7. The predicted molar refractivity (Wildman–Crippen MR) is 82.1 cm³/mol. The summed E-state index contributed by atoms with van der Waals surface area (Å²) in [7, 11) is 0. The molecule has 3 heteroatoms. The molecule has 1 nitrogen and oxygen atoms in total. The third kappa shape index (κ3) is 3.88. The van der Waals surface area contributed by atoms with Crippen LogP contribution >= 0.6 is 0 Å². The first-order chi connectivity index (χ1) is 9.77. The SMILES string of the molecule is CC(C)(C)c1ccc(C(N)Cc2cc(F)ccc2F)cc1. The van der Waals surface area contributed by atoms with Gasteiger partial charge in [-0.05, 0) is 46.7 Å². The standard InChI is InChI=1S/C18H21F2N/c1-18(2,3)14-6-4-12(5-7-14)17(21)11-13-10-15(19)8-9-16(13)20/h4-10,17H,11,21H2,1-3H3. The highest BCUT2D eigenvalue weighted by Crippen LogP contribution is 2.25. The number of hydrogen-bond donors (Lipinski definition) is 1. The van der Waals surface area contributed by atoms with E-state index in [1.165, 1.54) is 11.6 Å². The minimum Gasteiger partial charge on any atom is -0.324 e. The van der Waals surface area contributed by atoms with E-state index in [9.17, 15) is 8.78 Å². The average Bonchev–Trinajstić information content (AvgIpc) is 2.42. The summed E-state index contributed by atoms with van der Waals surface area (Å²) in [5.41, 5.74) is 8.65. The molecule has 0 aliphatic heterocycles. The lowest BCUT2D eigenvalue weighted by Gasteiger charge is -2.20. The van der Waals surface area contributed by atoms with Gasteiger partial charge in [0.2, 0.25) is 0 Å². The second-order valence-electron chi connectivity index (χ2n) is 6.42. The first-order valence-electron chi connectivity index (χ1n) is 7.07. The van der Waals surface area contributed by atoms with Crippen LogP contribution in [0.5, 0.6) is 0 Å². The quantitative estimate of drug-likeness (QED) is 0.884. The second-order valence-corrected chi connectivity index (χ2v) is 6.42. The Morgan fingerprint density at radius 1 is 1.00 bits per heavy atom. The van der Waals surface area contributed by atoms with Gasteiger partial charge < -0.3 is 5.73 Å². The zero-order chi connectivity index (χ0) is 15.6. The number of halogens is 2. The Morgan fingerprint density at radius 2 is 1.62 bits per heavy atom. The maximum Gasteiger partial charge on any atom is 0.126 e. The third-order valence-corrected chi connectivity index (χ3v) is 3.65. The fourth-order valence-electron chi connectivity index (χ4n) is 2.28. The van der Waals surface area contributed by atoms with E-state index >= 15 is 0 Å². The molecule has 0 amide bonds. The molecule has 1 atom stereocenters. The molecule has 0 radical (unpaired) electrons. The molecular formula is C18H21F2N. The van der Waals surface area contributed by atoms with Crippen molar-refractivity contribution in [2.75, 3.05) is 0 Å². The summed E-state index contributed by atoms with van der Waals surface area (Å²) in [6, 6.07) is 11.1. The van der Waals surface area contributed by atoms with Gasteiger partial charge in [0.15, 0.2) is 0 Å². The molecule has 0 aliphatic rings. The van der Waals surface area contributed by atoms with Gasteiger partial charge in [0.25, 0.3) is 0 Å². The number of benzene rings is 2. The summed E-state index contributed by atoms with van der Waals surface area (Å²) in [4.78, 5) is 0. The van der Waals surface area contributed by atoms with Gasteiger partial charge in [-0.25, -0.2) is 8.78 Å². The Bertz CT molecular complexity index is 612. The Kier molecular flexibility index (Phi) is 4.43. The van der Waals surface area contributed by atoms with Crippen LogP contribution in [-0.4, -0.2) is 0 Å². The Morgan fingerprint density at radius 3 is 2.19 bits per heavy atom. The topological polar surface area (TPSA) is 26.0 Å². The zero-order valence-corrected chi connectivity index (χ0v) is 12.7. The van der Waals surface area contributed by atoms with E-state index in [4.69, 9.17) is 5.73 Å². The summed E-state index contributed by atoms with van der Waals surface area (Å²) in [6.07, 6.45) is 0.276. The molecular weight excluding hydrogens is 268 g/mol. The van der Waals surface area contributed by atoms with Gasteiger partial charge in [0, 0.05) is 6.04 Å². The van der Waals surface area contributed by atoms with E-state index in [2.05, 4.69) is 20.8 Å². The van der Waals surface area contributed by atoms with Crippen molar-refractivity contribution in [1.29, 1.82) is 0 Å². The van der Waals surface area contributed by atoms with Crippen molar-refractivity contribution in [3.05, 3.63) is 70.8 Å². The van der Waals surface area contributed by atoms with Crippen LogP contribution in [0.4, 0.5) is 8.78 Å². The summed E-state index contributed by atoms with van der Waals surface area (Å²) in [6.45, 7) is 6.43. The lowest BCUT2D eigenvalue weighted by Crippen LogP contribution is -2.16. The third-order valence-electron chi connectivity index (χ3n) is 3.65. The maximum atomic E-state index is 13.6. The molecule has 1 unspecified atom stereocenters. The van der Waals surface area contributed by atoms with Gasteiger partial charge in [-0.15, -0.1) is 0 Å². The molecule has 0 aliphatic carbocycles. The lowest BCUT2D eigenvalue weighted by molar-refractivity contribution is 0.572. The monoisotopic (exact) mass is 289 g/mol. The number of hydrogen-bond acceptors (Lipinski definition) is 1. The first kappa shape index (κ1) is 15.6. The van der Waals surface area contributed by atoms with E-state index in [1.54, 1.807) is 0 Å². The molecule has 0 aromatic heterocycles. The van der Waals surface area contributed by atoms with E-state index in [0.717, 1.165) is 17.7 Å². The molecule has 2 aromatic rings. The first-order valence-corrected chi connectivity index (χ1v) is 7.07. The Balaban J connectivity index is 2.17. The molecule has 0 saturated heterocycles.